The summed E-state index contributed by atoms with van der Waals surface area (Å²) in [4.78, 5) is 2.47. The van der Waals surface area contributed by atoms with Crippen molar-refractivity contribution in [3.05, 3.63) is 0 Å². The third kappa shape index (κ3) is 2.59. The van der Waals surface area contributed by atoms with Crippen LogP contribution in [0.3, 0.4) is 0 Å². The van der Waals surface area contributed by atoms with Gasteiger partial charge in [-0.15, -0.1) is 0 Å². The van der Waals surface area contributed by atoms with Crippen molar-refractivity contribution < 1.29 is 5.11 Å². The van der Waals surface area contributed by atoms with Gasteiger partial charge < -0.3 is 10.4 Å². The summed E-state index contributed by atoms with van der Waals surface area (Å²) in [6, 6.07) is 1.37. The average Bonchev–Trinajstić information content (AvgIpc) is 2.52. The van der Waals surface area contributed by atoms with Crippen molar-refractivity contribution in [1.82, 2.24) is 10.2 Å². The van der Waals surface area contributed by atoms with Crippen LogP contribution in [0, 0.1) is 0 Å². The molecule has 3 saturated heterocycles. The average molecular weight is 202 g/mol. The van der Waals surface area contributed by atoms with Gasteiger partial charge in [0.25, 0.3) is 0 Å². The van der Waals surface area contributed by atoms with E-state index in [1.165, 1.54) is 19.5 Å². The molecule has 4 heteroatoms. The van der Waals surface area contributed by atoms with E-state index in [9.17, 15) is 0 Å². The first-order valence-electron chi connectivity index (χ1n) is 5.06. The molecule has 76 valence electrons. The Morgan fingerprint density at radius 1 is 1.54 bits per heavy atom. The van der Waals surface area contributed by atoms with Gasteiger partial charge in [0.15, 0.2) is 0 Å². The van der Waals surface area contributed by atoms with Crippen molar-refractivity contribution in [2.24, 2.45) is 0 Å². The Labute approximate surface area is 84.9 Å². The van der Waals surface area contributed by atoms with Gasteiger partial charge in [-0.05, 0) is 12.8 Å². The SMILES string of the molecule is C1CN2C[C@@H]12.OC[C@@H]1C[C@H](S)CN1. The Hall–Kier alpha value is 0.230. The lowest BCUT2D eigenvalue weighted by molar-refractivity contribution is 0.255. The number of rotatable bonds is 1. The van der Waals surface area contributed by atoms with Crippen LogP contribution in [0.25, 0.3) is 0 Å². The van der Waals surface area contributed by atoms with Gasteiger partial charge in [0.05, 0.1) is 6.61 Å². The van der Waals surface area contributed by atoms with Gasteiger partial charge in [-0.25, -0.2) is 0 Å². The molecule has 0 aromatic rings. The third-order valence-corrected chi connectivity index (χ3v) is 3.39. The van der Waals surface area contributed by atoms with E-state index in [0.29, 0.717) is 11.3 Å². The lowest BCUT2D eigenvalue weighted by atomic mass is 10.2. The second-order valence-electron chi connectivity index (χ2n) is 4.11. The monoisotopic (exact) mass is 202 g/mol. The summed E-state index contributed by atoms with van der Waals surface area (Å²) in [5, 5.41) is 12.2. The van der Waals surface area contributed by atoms with E-state index >= 15 is 0 Å². The number of hydrogen-bond acceptors (Lipinski definition) is 4. The second kappa shape index (κ2) is 4.17. The Morgan fingerprint density at radius 3 is 2.46 bits per heavy atom. The molecule has 2 N–H and O–H groups in total. The van der Waals surface area contributed by atoms with Gasteiger partial charge in [0.2, 0.25) is 0 Å². The van der Waals surface area contributed by atoms with E-state index in [1.54, 1.807) is 0 Å². The molecular weight excluding hydrogens is 184 g/mol. The van der Waals surface area contributed by atoms with Crippen LogP contribution in [0.1, 0.15) is 12.8 Å². The summed E-state index contributed by atoms with van der Waals surface area (Å²) in [6.45, 7) is 4.00. The normalized spacial score (nSPS) is 45.7. The van der Waals surface area contributed by atoms with Gasteiger partial charge in [-0.2, -0.15) is 12.6 Å². The zero-order valence-electron chi connectivity index (χ0n) is 7.82. The highest BCUT2D eigenvalue weighted by molar-refractivity contribution is 7.81. The number of nitrogens with zero attached hydrogens (tertiary/aromatic N) is 1. The summed E-state index contributed by atoms with van der Waals surface area (Å²) in [7, 11) is 0. The van der Waals surface area contributed by atoms with Crippen molar-refractivity contribution in [2.45, 2.75) is 30.2 Å². The Bertz CT molecular complexity index is 167. The first kappa shape index (κ1) is 9.77. The molecule has 13 heavy (non-hydrogen) atoms. The van der Waals surface area contributed by atoms with Crippen molar-refractivity contribution in [2.75, 3.05) is 26.2 Å². The van der Waals surface area contributed by atoms with Gasteiger partial charge in [0, 0.05) is 37.0 Å². The molecule has 0 radical (unpaired) electrons. The van der Waals surface area contributed by atoms with Crippen LogP contribution in [0.5, 0.6) is 0 Å². The van der Waals surface area contributed by atoms with Crippen LogP contribution >= 0.6 is 12.6 Å². The molecule has 3 heterocycles. The summed E-state index contributed by atoms with van der Waals surface area (Å²) >= 11 is 4.23. The summed E-state index contributed by atoms with van der Waals surface area (Å²) in [5.74, 6) is 0. The van der Waals surface area contributed by atoms with Crippen molar-refractivity contribution in [1.29, 1.82) is 0 Å². The molecule has 0 aromatic carbocycles. The zero-order valence-corrected chi connectivity index (χ0v) is 8.71. The predicted molar refractivity (Wildman–Crippen MR) is 56.2 cm³/mol. The molecule has 0 amide bonds. The van der Waals surface area contributed by atoms with E-state index in [1.807, 2.05) is 0 Å². The van der Waals surface area contributed by atoms with Gasteiger partial charge >= 0.3 is 0 Å². The fraction of sp³-hybridized carbons (Fsp3) is 1.00. The largest absolute Gasteiger partial charge is 0.395 e. The Balaban J connectivity index is 0.000000110. The number of aliphatic hydroxyl groups excluding tert-OH is 1. The maximum Gasteiger partial charge on any atom is 0.0585 e. The summed E-state index contributed by atoms with van der Waals surface area (Å²) < 4.78 is 0. The number of nitrogens with one attached hydrogen (secondary N) is 1. The number of hydrogen-bond donors (Lipinski definition) is 3. The number of fused-ring (bicyclic) bond motifs is 1. The molecule has 3 rings (SSSR count). The van der Waals surface area contributed by atoms with Crippen LogP contribution < -0.4 is 5.32 Å². The zero-order chi connectivity index (χ0) is 9.26. The lowest BCUT2D eigenvalue weighted by Gasteiger charge is -2.08. The van der Waals surface area contributed by atoms with Gasteiger partial charge in [-0.1, -0.05) is 0 Å². The van der Waals surface area contributed by atoms with Crippen LogP contribution in [0.2, 0.25) is 0 Å². The molecule has 3 aliphatic rings. The van der Waals surface area contributed by atoms with Crippen molar-refractivity contribution in [3.8, 4) is 0 Å². The molecule has 0 aliphatic carbocycles. The van der Waals surface area contributed by atoms with Crippen LogP contribution in [0.4, 0.5) is 0 Å². The maximum absolute atomic E-state index is 8.59. The molecule has 0 saturated carbocycles. The number of thiol groups is 1. The minimum atomic E-state index is 0.247. The molecule has 4 atom stereocenters. The van der Waals surface area contributed by atoms with Crippen LogP contribution in [0.15, 0.2) is 0 Å². The van der Waals surface area contributed by atoms with Crippen molar-refractivity contribution in [3.63, 3.8) is 0 Å². The lowest BCUT2D eigenvalue weighted by Crippen LogP contribution is -2.24. The fourth-order valence-corrected chi connectivity index (χ4v) is 2.20. The molecule has 3 aliphatic heterocycles. The standard InChI is InChI=1S/C5H11NOS.C4H7N/c7-3-4-1-5(8)2-6-4;1-2-5-3-4(1)5/h4-8H,1-3H2;4H,1-3H2/t4-,5-;4-,5?/m01/s1. The van der Waals surface area contributed by atoms with Crippen LogP contribution in [-0.4, -0.2) is 53.6 Å². The molecule has 3 fully saturated rings. The first-order valence-corrected chi connectivity index (χ1v) is 5.57. The van der Waals surface area contributed by atoms with Gasteiger partial charge in [0.1, 0.15) is 0 Å². The molecule has 0 bridgehead atoms. The highest BCUT2D eigenvalue weighted by atomic mass is 32.1. The molecule has 1 unspecified atom stereocenters. The third-order valence-electron chi connectivity index (χ3n) is 3.00. The molecule has 3 nitrogen and oxygen atoms in total. The molecule has 0 spiro atoms. The first-order chi connectivity index (χ1) is 6.29. The van der Waals surface area contributed by atoms with E-state index in [4.69, 9.17) is 5.11 Å². The topological polar surface area (TPSA) is 35.3 Å². The fourth-order valence-electron chi connectivity index (χ4n) is 1.84. The second-order valence-corrected chi connectivity index (χ2v) is 4.85. The van der Waals surface area contributed by atoms with E-state index in [0.717, 1.165) is 19.0 Å². The Kier molecular flexibility index (Phi) is 3.14. The van der Waals surface area contributed by atoms with E-state index in [2.05, 4.69) is 22.8 Å². The predicted octanol–water partition coefficient (Wildman–Crippen LogP) is -0.287. The van der Waals surface area contributed by atoms with Crippen LogP contribution in [-0.2, 0) is 0 Å². The van der Waals surface area contributed by atoms with E-state index in [-0.39, 0.29) is 6.61 Å². The summed E-state index contributed by atoms with van der Waals surface area (Å²) in [6.07, 6.45) is 2.49. The minimum Gasteiger partial charge on any atom is -0.395 e. The summed E-state index contributed by atoms with van der Waals surface area (Å²) in [5.41, 5.74) is 0. The smallest absolute Gasteiger partial charge is 0.0585 e. The number of aliphatic hydroxyl groups is 1. The maximum atomic E-state index is 8.59. The highest BCUT2D eigenvalue weighted by Gasteiger charge is 2.41. The highest BCUT2D eigenvalue weighted by Crippen LogP contribution is 2.30. The quantitative estimate of drug-likeness (QED) is 0.404. The van der Waals surface area contributed by atoms with Gasteiger partial charge in [-0.3, -0.25) is 4.90 Å². The molecule has 0 aromatic heterocycles. The molecular formula is C9H18N2OS. The van der Waals surface area contributed by atoms with Crippen molar-refractivity contribution >= 4 is 12.6 Å². The minimum absolute atomic E-state index is 0.247. The van der Waals surface area contributed by atoms with E-state index < -0.39 is 0 Å². The Morgan fingerprint density at radius 2 is 2.31 bits per heavy atom.